The lowest BCUT2D eigenvalue weighted by molar-refractivity contribution is -0.136. The van der Waals surface area contributed by atoms with Gasteiger partial charge in [0, 0.05) is 39.3 Å². The zero-order valence-corrected chi connectivity index (χ0v) is 16.0. The van der Waals surface area contributed by atoms with Gasteiger partial charge in [-0.05, 0) is 31.4 Å². The number of aromatic nitrogens is 1. The SMILES string of the molecule is O=C(CN1CCN(C(=O)Cn2c(=O)oc3ccccc32)CC1)N1CCCCC1. The Bertz CT molecular complexity index is 904. The molecule has 8 nitrogen and oxygen atoms in total. The van der Waals surface area contributed by atoms with Crippen molar-refractivity contribution < 1.29 is 14.0 Å². The second kappa shape index (κ2) is 8.18. The molecule has 2 aliphatic heterocycles. The number of benzene rings is 1. The van der Waals surface area contributed by atoms with Crippen molar-refractivity contribution in [1.82, 2.24) is 19.3 Å². The van der Waals surface area contributed by atoms with E-state index in [1.807, 2.05) is 11.0 Å². The van der Waals surface area contributed by atoms with Gasteiger partial charge >= 0.3 is 5.76 Å². The number of hydrogen-bond donors (Lipinski definition) is 0. The number of oxazole rings is 1. The fourth-order valence-corrected chi connectivity index (χ4v) is 3.99. The Morgan fingerprint density at radius 2 is 1.46 bits per heavy atom. The zero-order valence-electron chi connectivity index (χ0n) is 16.0. The third kappa shape index (κ3) is 3.96. The molecule has 2 saturated heterocycles. The molecule has 0 unspecified atom stereocenters. The van der Waals surface area contributed by atoms with Gasteiger partial charge in [0.2, 0.25) is 11.8 Å². The van der Waals surface area contributed by atoms with Crippen LogP contribution in [0.2, 0.25) is 0 Å². The van der Waals surface area contributed by atoms with Gasteiger partial charge in [0.1, 0.15) is 6.54 Å². The predicted molar refractivity (Wildman–Crippen MR) is 104 cm³/mol. The first-order chi connectivity index (χ1) is 13.6. The summed E-state index contributed by atoms with van der Waals surface area (Å²) in [6.45, 7) is 4.61. The molecular formula is C20H26N4O4. The van der Waals surface area contributed by atoms with Crippen LogP contribution >= 0.6 is 0 Å². The summed E-state index contributed by atoms with van der Waals surface area (Å²) in [7, 11) is 0. The number of nitrogens with zero attached hydrogens (tertiary/aromatic N) is 4. The largest absolute Gasteiger partial charge is 0.420 e. The average molecular weight is 386 g/mol. The molecule has 1 aromatic heterocycles. The second-order valence-corrected chi connectivity index (χ2v) is 7.52. The molecule has 0 spiro atoms. The number of carbonyl (C=O) groups excluding carboxylic acids is 2. The molecule has 1 aromatic carbocycles. The molecule has 0 aliphatic carbocycles. The molecule has 150 valence electrons. The van der Waals surface area contributed by atoms with Crippen LogP contribution in [0.3, 0.4) is 0 Å². The van der Waals surface area contributed by atoms with Gasteiger partial charge in [0.15, 0.2) is 5.58 Å². The molecule has 4 rings (SSSR count). The van der Waals surface area contributed by atoms with Gasteiger partial charge in [-0.1, -0.05) is 12.1 Å². The fraction of sp³-hybridized carbons (Fsp3) is 0.550. The summed E-state index contributed by atoms with van der Waals surface area (Å²) in [6.07, 6.45) is 3.39. The number of para-hydroxylation sites is 2. The van der Waals surface area contributed by atoms with Crippen LogP contribution in [-0.4, -0.2) is 76.9 Å². The minimum absolute atomic E-state index is 0.0252. The van der Waals surface area contributed by atoms with Crippen molar-refractivity contribution in [2.45, 2.75) is 25.8 Å². The molecule has 2 amide bonds. The molecule has 8 heteroatoms. The van der Waals surface area contributed by atoms with Crippen molar-refractivity contribution in [3.8, 4) is 0 Å². The maximum absolute atomic E-state index is 12.7. The van der Waals surface area contributed by atoms with E-state index in [0.29, 0.717) is 43.8 Å². The van der Waals surface area contributed by atoms with Crippen LogP contribution in [0.4, 0.5) is 0 Å². The zero-order chi connectivity index (χ0) is 19.5. The topological polar surface area (TPSA) is 79.0 Å². The number of piperidine rings is 1. The average Bonchev–Trinajstić information content (AvgIpc) is 3.04. The number of amides is 2. The van der Waals surface area contributed by atoms with E-state index in [-0.39, 0.29) is 18.4 Å². The standard InChI is InChI=1S/C20H26N4O4/c25-18(22-8-4-1-5-9-22)14-21-10-12-23(13-11-21)19(26)15-24-16-6-2-3-7-17(16)28-20(24)27/h2-3,6-7H,1,4-5,8-15H2. The molecule has 28 heavy (non-hydrogen) atoms. The molecule has 2 aliphatic rings. The summed E-state index contributed by atoms with van der Waals surface area (Å²) in [6, 6.07) is 7.10. The van der Waals surface area contributed by atoms with Gasteiger partial charge < -0.3 is 14.2 Å². The van der Waals surface area contributed by atoms with Gasteiger partial charge in [0.25, 0.3) is 0 Å². The molecule has 0 N–H and O–H groups in total. The van der Waals surface area contributed by atoms with Crippen LogP contribution in [0.25, 0.3) is 11.1 Å². The van der Waals surface area contributed by atoms with Crippen molar-refractivity contribution in [3.63, 3.8) is 0 Å². The van der Waals surface area contributed by atoms with Crippen LogP contribution in [0.15, 0.2) is 33.5 Å². The van der Waals surface area contributed by atoms with Gasteiger partial charge in [-0.15, -0.1) is 0 Å². The number of piperazine rings is 1. The molecule has 0 atom stereocenters. The van der Waals surface area contributed by atoms with E-state index in [0.717, 1.165) is 25.9 Å². The molecular weight excluding hydrogens is 360 g/mol. The van der Waals surface area contributed by atoms with E-state index in [9.17, 15) is 14.4 Å². The summed E-state index contributed by atoms with van der Waals surface area (Å²) in [5, 5.41) is 0. The number of hydrogen-bond acceptors (Lipinski definition) is 5. The van der Waals surface area contributed by atoms with Crippen molar-refractivity contribution in [1.29, 1.82) is 0 Å². The molecule has 3 heterocycles. The highest BCUT2D eigenvalue weighted by Crippen LogP contribution is 2.13. The lowest BCUT2D eigenvalue weighted by atomic mass is 10.1. The molecule has 0 bridgehead atoms. The second-order valence-electron chi connectivity index (χ2n) is 7.52. The Balaban J connectivity index is 1.31. The van der Waals surface area contributed by atoms with Crippen LogP contribution in [0.1, 0.15) is 19.3 Å². The highest BCUT2D eigenvalue weighted by Gasteiger charge is 2.25. The number of carbonyl (C=O) groups is 2. The van der Waals surface area contributed by atoms with E-state index in [4.69, 9.17) is 4.42 Å². The predicted octanol–water partition coefficient (Wildman–Crippen LogP) is 0.751. The molecule has 0 saturated carbocycles. The van der Waals surface area contributed by atoms with E-state index in [2.05, 4.69) is 4.90 Å². The quantitative estimate of drug-likeness (QED) is 0.775. The van der Waals surface area contributed by atoms with Crippen molar-refractivity contribution in [2.24, 2.45) is 0 Å². The fourth-order valence-electron chi connectivity index (χ4n) is 3.99. The molecule has 2 aromatic rings. The summed E-state index contributed by atoms with van der Waals surface area (Å²) < 4.78 is 6.57. The third-order valence-electron chi connectivity index (χ3n) is 5.66. The van der Waals surface area contributed by atoms with Crippen LogP contribution < -0.4 is 5.76 Å². The van der Waals surface area contributed by atoms with E-state index in [1.54, 1.807) is 23.1 Å². The van der Waals surface area contributed by atoms with Gasteiger partial charge in [-0.2, -0.15) is 0 Å². The highest BCUT2D eigenvalue weighted by molar-refractivity contribution is 5.80. The van der Waals surface area contributed by atoms with E-state index >= 15 is 0 Å². The van der Waals surface area contributed by atoms with Gasteiger partial charge in [-0.3, -0.25) is 19.1 Å². The third-order valence-corrected chi connectivity index (χ3v) is 5.66. The Morgan fingerprint density at radius 1 is 0.821 bits per heavy atom. The van der Waals surface area contributed by atoms with Crippen molar-refractivity contribution >= 4 is 22.9 Å². The Morgan fingerprint density at radius 3 is 2.21 bits per heavy atom. The van der Waals surface area contributed by atoms with Crippen LogP contribution in [0, 0.1) is 0 Å². The first-order valence-electron chi connectivity index (χ1n) is 9.98. The first kappa shape index (κ1) is 18.7. The summed E-state index contributed by atoms with van der Waals surface area (Å²) >= 11 is 0. The van der Waals surface area contributed by atoms with Crippen molar-refractivity contribution in [3.05, 3.63) is 34.8 Å². The lowest BCUT2D eigenvalue weighted by Gasteiger charge is -2.36. The summed E-state index contributed by atoms with van der Waals surface area (Å²) in [5.41, 5.74) is 1.12. The molecule has 0 radical (unpaired) electrons. The first-order valence-corrected chi connectivity index (χ1v) is 9.98. The van der Waals surface area contributed by atoms with Crippen LogP contribution in [0.5, 0.6) is 0 Å². The summed E-state index contributed by atoms with van der Waals surface area (Å²) in [5.74, 6) is -0.424. The van der Waals surface area contributed by atoms with Gasteiger partial charge in [0.05, 0.1) is 12.1 Å². The molecule has 2 fully saturated rings. The lowest BCUT2D eigenvalue weighted by Crippen LogP contribution is -2.52. The summed E-state index contributed by atoms with van der Waals surface area (Å²) in [4.78, 5) is 43.0. The van der Waals surface area contributed by atoms with E-state index in [1.165, 1.54) is 11.0 Å². The monoisotopic (exact) mass is 386 g/mol. The smallest absolute Gasteiger partial charge is 0.408 e. The minimum atomic E-state index is -0.514. The van der Waals surface area contributed by atoms with Gasteiger partial charge in [-0.25, -0.2) is 4.79 Å². The normalized spacial score (nSPS) is 18.6. The number of rotatable bonds is 4. The van der Waals surface area contributed by atoms with Crippen LogP contribution in [-0.2, 0) is 16.1 Å². The Labute approximate surface area is 163 Å². The van der Waals surface area contributed by atoms with Crippen molar-refractivity contribution in [2.75, 3.05) is 45.8 Å². The minimum Gasteiger partial charge on any atom is -0.408 e. The maximum Gasteiger partial charge on any atom is 0.420 e. The highest BCUT2D eigenvalue weighted by atomic mass is 16.4. The number of fused-ring (bicyclic) bond motifs is 1. The van der Waals surface area contributed by atoms with E-state index < -0.39 is 5.76 Å². The Hall–Kier alpha value is -2.61. The maximum atomic E-state index is 12.7. The number of likely N-dealkylation sites (tertiary alicyclic amines) is 1. The Kier molecular flexibility index (Phi) is 5.47.